The Kier molecular flexibility index (Phi) is 2.77. The highest BCUT2D eigenvalue weighted by atomic mass is 15.3. The van der Waals surface area contributed by atoms with Crippen molar-refractivity contribution in [3.8, 4) is 0 Å². The van der Waals surface area contributed by atoms with Crippen molar-refractivity contribution in [2.24, 2.45) is 21.7 Å². The summed E-state index contributed by atoms with van der Waals surface area (Å²) in [6.45, 7) is 0. The molecule has 0 aliphatic rings. The zero-order chi connectivity index (χ0) is 11.4. The predicted molar refractivity (Wildman–Crippen MR) is 65.1 cm³/mol. The molecule has 0 radical (unpaired) electrons. The maximum Gasteiger partial charge on any atom is 0.211 e. The third-order valence-corrected chi connectivity index (χ3v) is 2.05. The van der Waals surface area contributed by atoms with Crippen LogP contribution in [0, 0.1) is 0 Å². The van der Waals surface area contributed by atoms with Gasteiger partial charge in [-0.25, -0.2) is 0 Å². The minimum atomic E-state index is -0.0605. The van der Waals surface area contributed by atoms with Gasteiger partial charge in [0.25, 0.3) is 0 Å². The molecule has 2 rings (SSSR count). The second-order valence-corrected chi connectivity index (χ2v) is 3.19. The molecule has 0 fully saturated rings. The highest BCUT2D eigenvalue weighted by molar-refractivity contribution is 5.98. The fraction of sp³-hybridized carbons (Fsp3) is 0. The fourth-order valence-electron chi connectivity index (χ4n) is 1.39. The van der Waals surface area contributed by atoms with Crippen molar-refractivity contribution in [2.45, 2.75) is 0 Å². The first kappa shape index (κ1) is 10.1. The molecular formula is C11H11N5. The Morgan fingerprint density at radius 3 is 2.81 bits per heavy atom. The third-order valence-electron chi connectivity index (χ3n) is 2.05. The largest absolute Gasteiger partial charge is 0.369 e. The van der Waals surface area contributed by atoms with E-state index in [1.165, 1.54) is 0 Å². The summed E-state index contributed by atoms with van der Waals surface area (Å²) in [5.41, 5.74) is 12.2. The van der Waals surface area contributed by atoms with Gasteiger partial charge in [0, 0.05) is 17.1 Å². The zero-order valence-corrected chi connectivity index (χ0v) is 8.54. The van der Waals surface area contributed by atoms with Gasteiger partial charge >= 0.3 is 0 Å². The monoisotopic (exact) mass is 213 g/mol. The highest BCUT2D eigenvalue weighted by Crippen LogP contribution is 2.14. The van der Waals surface area contributed by atoms with Gasteiger partial charge in [-0.3, -0.25) is 4.98 Å². The van der Waals surface area contributed by atoms with Crippen molar-refractivity contribution in [2.75, 3.05) is 0 Å². The summed E-state index contributed by atoms with van der Waals surface area (Å²) in [5, 5.41) is 8.34. The smallest absolute Gasteiger partial charge is 0.211 e. The molecule has 0 aliphatic heterocycles. The van der Waals surface area contributed by atoms with Gasteiger partial charge in [-0.05, 0) is 12.1 Å². The molecule has 1 aromatic heterocycles. The average molecular weight is 213 g/mol. The van der Waals surface area contributed by atoms with Gasteiger partial charge < -0.3 is 11.5 Å². The van der Waals surface area contributed by atoms with Crippen molar-refractivity contribution >= 4 is 23.1 Å². The number of benzene rings is 1. The molecule has 0 saturated heterocycles. The van der Waals surface area contributed by atoms with E-state index in [0.29, 0.717) is 0 Å². The van der Waals surface area contributed by atoms with Crippen molar-refractivity contribution in [1.82, 2.24) is 4.98 Å². The van der Waals surface area contributed by atoms with Gasteiger partial charge in [0.2, 0.25) is 5.96 Å². The number of pyridine rings is 1. The van der Waals surface area contributed by atoms with Gasteiger partial charge in [0.05, 0.1) is 11.7 Å². The number of aromatic nitrogens is 1. The van der Waals surface area contributed by atoms with E-state index in [9.17, 15) is 0 Å². The standard InChI is InChI=1S/C11H11N5/c12-11(13)16-15-7-8-5-6-14-10-4-2-1-3-9(8)10/h1-7H,(H4,12,13,16)/b15-7+. The van der Waals surface area contributed by atoms with E-state index in [4.69, 9.17) is 11.5 Å². The first-order valence-electron chi connectivity index (χ1n) is 4.73. The SMILES string of the molecule is NC(N)=N/N=C/c1ccnc2ccccc12. The number of nitrogens with two attached hydrogens (primary N) is 2. The van der Waals surface area contributed by atoms with E-state index in [1.807, 2.05) is 30.3 Å². The Morgan fingerprint density at radius 1 is 1.19 bits per heavy atom. The van der Waals surface area contributed by atoms with Crippen LogP contribution in [0.2, 0.25) is 0 Å². The van der Waals surface area contributed by atoms with Gasteiger partial charge in [-0.1, -0.05) is 18.2 Å². The van der Waals surface area contributed by atoms with E-state index in [0.717, 1.165) is 16.5 Å². The molecule has 16 heavy (non-hydrogen) atoms. The number of rotatable bonds is 2. The Balaban J connectivity index is 2.45. The lowest BCUT2D eigenvalue weighted by atomic mass is 10.1. The van der Waals surface area contributed by atoms with Crippen LogP contribution in [-0.2, 0) is 0 Å². The van der Waals surface area contributed by atoms with Gasteiger partial charge in [0.15, 0.2) is 0 Å². The summed E-state index contributed by atoms with van der Waals surface area (Å²) in [7, 11) is 0. The van der Waals surface area contributed by atoms with Crippen molar-refractivity contribution in [1.29, 1.82) is 0 Å². The zero-order valence-electron chi connectivity index (χ0n) is 8.54. The number of hydrogen-bond donors (Lipinski definition) is 2. The summed E-state index contributed by atoms with van der Waals surface area (Å²) in [4.78, 5) is 4.24. The van der Waals surface area contributed by atoms with Crippen LogP contribution >= 0.6 is 0 Å². The summed E-state index contributed by atoms with van der Waals surface area (Å²) in [6.07, 6.45) is 3.32. The molecule has 2 aromatic rings. The Bertz CT molecular complexity index is 550. The van der Waals surface area contributed by atoms with E-state index in [-0.39, 0.29) is 5.96 Å². The molecule has 80 valence electrons. The maximum absolute atomic E-state index is 5.17. The highest BCUT2D eigenvalue weighted by Gasteiger charge is 1.97. The summed E-state index contributed by atoms with van der Waals surface area (Å²) >= 11 is 0. The van der Waals surface area contributed by atoms with E-state index in [2.05, 4.69) is 15.2 Å². The Morgan fingerprint density at radius 2 is 2.00 bits per heavy atom. The second-order valence-electron chi connectivity index (χ2n) is 3.19. The van der Waals surface area contributed by atoms with Gasteiger partial charge in [-0.2, -0.15) is 5.10 Å². The van der Waals surface area contributed by atoms with E-state index >= 15 is 0 Å². The van der Waals surface area contributed by atoms with Gasteiger partial charge in [0.1, 0.15) is 0 Å². The van der Waals surface area contributed by atoms with Crippen molar-refractivity contribution in [3.63, 3.8) is 0 Å². The van der Waals surface area contributed by atoms with Crippen LogP contribution in [0.1, 0.15) is 5.56 Å². The molecule has 0 amide bonds. The second kappa shape index (κ2) is 4.39. The molecule has 1 heterocycles. The minimum absolute atomic E-state index is 0.0605. The van der Waals surface area contributed by atoms with Crippen LogP contribution in [0.4, 0.5) is 0 Å². The summed E-state index contributed by atoms with van der Waals surface area (Å²) < 4.78 is 0. The molecule has 5 nitrogen and oxygen atoms in total. The minimum Gasteiger partial charge on any atom is -0.369 e. The predicted octanol–water partition coefficient (Wildman–Crippen LogP) is 0.842. The molecular weight excluding hydrogens is 202 g/mol. The lowest BCUT2D eigenvalue weighted by molar-refractivity contribution is 1.21. The molecule has 0 bridgehead atoms. The fourth-order valence-corrected chi connectivity index (χ4v) is 1.39. The quantitative estimate of drug-likeness (QED) is 0.440. The van der Waals surface area contributed by atoms with Crippen LogP contribution in [0.5, 0.6) is 0 Å². The summed E-state index contributed by atoms with van der Waals surface area (Å²) in [5.74, 6) is -0.0605. The molecule has 0 aliphatic carbocycles. The molecule has 1 aromatic carbocycles. The van der Waals surface area contributed by atoms with Crippen LogP contribution in [0.25, 0.3) is 10.9 Å². The Labute approximate surface area is 92.5 Å². The topological polar surface area (TPSA) is 89.7 Å². The number of nitrogens with zero attached hydrogens (tertiary/aromatic N) is 3. The van der Waals surface area contributed by atoms with E-state index in [1.54, 1.807) is 12.4 Å². The van der Waals surface area contributed by atoms with Gasteiger partial charge in [-0.15, -0.1) is 5.10 Å². The van der Waals surface area contributed by atoms with Crippen LogP contribution in [0.15, 0.2) is 46.7 Å². The first-order chi connectivity index (χ1) is 7.77. The van der Waals surface area contributed by atoms with Crippen LogP contribution in [0.3, 0.4) is 0 Å². The molecule has 0 unspecified atom stereocenters. The molecule has 5 heteroatoms. The van der Waals surface area contributed by atoms with Crippen LogP contribution in [-0.4, -0.2) is 17.2 Å². The third kappa shape index (κ3) is 2.14. The lowest BCUT2D eigenvalue weighted by Crippen LogP contribution is -2.21. The number of para-hydroxylation sites is 1. The molecule has 0 atom stereocenters. The molecule has 4 N–H and O–H groups in total. The van der Waals surface area contributed by atoms with Crippen LogP contribution < -0.4 is 11.5 Å². The summed E-state index contributed by atoms with van der Waals surface area (Å²) in [6, 6.07) is 9.65. The van der Waals surface area contributed by atoms with Crippen molar-refractivity contribution in [3.05, 3.63) is 42.1 Å². The maximum atomic E-state index is 5.17. The number of hydrogen-bond acceptors (Lipinski definition) is 3. The number of guanidine groups is 1. The first-order valence-corrected chi connectivity index (χ1v) is 4.73. The molecule has 0 spiro atoms. The normalized spacial score (nSPS) is 10.8. The molecule has 0 saturated carbocycles. The van der Waals surface area contributed by atoms with E-state index < -0.39 is 0 Å². The average Bonchev–Trinajstić information content (AvgIpc) is 2.29. The van der Waals surface area contributed by atoms with Crippen molar-refractivity contribution < 1.29 is 0 Å². The Hall–Kier alpha value is -2.43. The lowest BCUT2D eigenvalue weighted by Gasteiger charge is -1.99. The number of fused-ring (bicyclic) bond motifs is 1.